The van der Waals surface area contributed by atoms with Crippen LogP contribution in [0.25, 0.3) is 6.08 Å². The number of carbonyl (C=O) groups is 2. The van der Waals surface area contributed by atoms with Crippen LogP contribution in [0.1, 0.15) is 28.4 Å². The Kier molecular flexibility index (Phi) is 6.97. The van der Waals surface area contributed by atoms with E-state index in [0.29, 0.717) is 22.6 Å². The molecule has 0 saturated heterocycles. The Balaban J connectivity index is 1.93. The molecule has 0 heterocycles. The van der Waals surface area contributed by atoms with Gasteiger partial charge in [-0.25, -0.2) is 4.79 Å². The van der Waals surface area contributed by atoms with Crippen LogP contribution in [-0.2, 0) is 16.0 Å². The van der Waals surface area contributed by atoms with Gasteiger partial charge in [-0.2, -0.15) is 0 Å². The topological polar surface area (TPSA) is 61.8 Å². The summed E-state index contributed by atoms with van der Waals surface area (Å²) in [6.07, 6.45) is 3.74. The van der Waals surface area contributed by atoms with Gasteiger partial charge in [0.05, 0.1) is 14.2 Å². The van der Waals surface area contributed by atoms with Crippen LogP contribution in [0.2, 0.25) is 0 Å². The fourth-order valence-electron chi connectivity index (χ4n) is 2.31. The molecule has 26 heavy (non-hydrogen) atoms. The van der Waals surface area contributed by atoms with Crippen LogP contribution in [0, 0.1) is 0 Å². The van der Waals surface area contributed by atoms with Crippen molar-refractivity contribution in [3.05, 3.63) is 65.2 Å². The summed E-state index contributed by atoms with van der Waals surface area (Å²) < 4.78 is 15.4. The molecular formula is C21H22O5. The van der Waals surface area contributed by atoms with Crippen molar-refractivity contribution in [2.75, 3.05) is 20.8 Å². The standard InChI is InChI=1S/C21H22O5/c1-4-15-5-7-16(8-6-15)19(22)14-26-21(23)12-10-17-9-11-18(24-2)13-20(17)25-3/h5-13H,4,14H2,1-3H3. The fraction of sp³-hybridized carbons (Fsp3) is 0.238. The molecule has 0 amide bonds. The molecule has 136 valence electrons. The number of benzene rings is 2. The van der Waals surface area contributed by atoms with Gasteiger partial charge in [0.2, 0.25) is 0 Å². The molecule has 2 aromatic rings. The van der Waals surface area contributed by atoms with Crippen molar-refractivity contribution >= 4 is 17.8 Å². The van der Waals surface area contributed by atoms with Crippen molar-refractivity contribution in [3.8, 4) is 11.5 Å². The average Bonchev–Trinajstić information content (AvgIpc) is 2.70. The third-order valence-electron chi connectivity index (χ3n) is 3.87. The Morgan fingerprint density at radius 3 is 2.35 bits per heavy atom. The highest BCUT2D eigenvalue weighted by Crippen LogP contribution is 2.25. The molecule has 5 heteroatoms. The summed E-state index contributed by atoms with van der Waals surface area (Å²) >= 11 is 0. The first-order chi connectivity index (χ1) is 12.6. The number of ketones is 1. The lowest BCUT2D eigenvalue weighted by Gasteiger charge is -2.07. The zero-order valence-corrected chi connectivity index (χ0v) is 15.2. The van der Waals surface area contributed by atoms with E-state index in [1.165, 1.54) is 13.2 Å². The molecular weight excluding hydrogens is 332 g/mol. The second-order valence-electron chi connectivity index (χ2n) is 5.52. The summed E-state index contributed by atoms with van der Waals surface area (Å²) in [4.78, 5) is 23.9. The van der Waals surface area contributed by atoms with Crippen molar-refractivity contribution in [3.63, 3.8) is 0 Å². The lowest BCUT2D eigenvalue weighted by molar-refractivity contribution is -0.136. The highest BCUT2D eigenvalue weighted by Gasteiger charge is 2.09. The molecule has 0 atom stereocenters. The third kappa shape index (κ3) is 5.21. The maximum atomic E-state index is 12.1. The number of ether oxygens (including phenoxy) is 3. The molecule has 2 aromatic carbocycles. The Labute approximate surface area is 153 Å². The molecule has 0 N–H and O–H groups in total. The molecule has 0 aliphatic heterocycles. The molecule has 0 saturated carbocycles. The Morgan fingerprint density at radius 1 is 1.00 bits per heavy atom. The summed E-state index contributed by atoms with van der Waals surface area (Å²) in [6.45, 7) is 1.75. The van der Waals surface area contributed by atoms with Crippen molar-refractivity contribution in [2.24, 2.45) is 0 Å². The van der Waals surface area contributed by atoms with Gasteiger partial charge in [0.15, 0.2) is 12.4 Å². The first-order valence-electron chi connectivity index (χ1n) is 8.26. The zero-order chi connectivity index (χ0) is 18.9. The Bertz CT molecular complexity index is 791. The maximum absolute atomic E-state index is 12.1. The monoisotopic (exact) mass is 354 g/mol. The van der Waals surface area contributed by atoms with Gasteiger partial charge in [0.25, 0.3) is 0 Å². The van der Waals surface area contributed by atoms with E-state index in [0.717, 1.165) is 12.0 Å². The molecule has 0 aliphatic rings. The summed E-state index contributed by atoms with van der Waals surface area (Å²) in [5.41, 5.74) is 2.37. The number of Topliss-reactive ketones (excluding diaryl/α,β-unsaturated/α-hetero) is 1. The van der Waals surface area contributed by atoms with E-state index < -0.39 is 5.97 Å². The van der Waals surface area contributed by atoms with E-state index in [9.17, 15) is 9.59 Å². The molecule has 5 nitrogen and oxygen atoms in total. The number of esters is 1. The van der Waals surface area contributed by atoms with E-state index in [2.05, 4.69) is 0 Å². The Morgan fingerprint density at radius 2 is 1.73 bits per heavy atom. The van der Waals surface area contributed by atoms with E-state index in [4.69, 9.17) is 14.2 Å². The van der Waals surface area contributed by atoms with Crippen molar-refractivity contribution in [1.82, 2.24) is 0 Å². The van der Waals surface area contributed by atoms with Gasteiger partial charge in [-0.05, 0) is 30.2 Å². The number of aryl methyl sites for hydroxylation is 1. The van der Waals surface area contributed by atoms with Gasteiger partial charge in [0.1, 0.15) is 11.5 Å². The first-order valence-corrected chi connectivity index (χ1v) is 8.26. The largest absolute Gasteiger partial charge is 0.497 e. The summed E-state index contributed by atoms with van der Waals surface area (Å²) in [5.74, 6) is 0.389. The average molecular weight is 354 g/mol. The minimum Gasteiger partial charge on any atom is -0.497 e. The number of carbonyl (C=O) groups excluding carboxylic acids is 2. The van der Waals surface area contributed by atoms with Crippen LogP contribution in [0.4, 0.5) is 0 Å². The van der Waals surface area contributed by atoms with Crippen molar-refractivity contribution in [1.29, 1.82) is 0 Å². The van der Waals surface area contributed by atoms with Crippen LogP contribution in [0.15, 0.2) is 48.5 Å². The van der Waals surface area contributed by atoms with E-state index in [-0.39, 0.29) is 12.4 Å². The third-order valence-corrected chi connectivity index (χ3v) is 3.87. The van der Waals surface area contributed by atoms with E-state index >= 15 is 0 Å². The summed E-state index contributed by atoms with van der Waals surface area (Å²) in [5, 5.41) is 0. The number of methoxy groups -OCH3 is 2. The smallest absolute Gasteiger partial charge is 0.331 e. The maximum Gasteiger partial charge on any atom is 0.331 e. The van der Waals surface area contributed by atoms with E-state index in [1.807, 2.05) is 19.1 Å². The molecule has 0 aromatic heterocycles. The second-order valence-corrected chi connectivity index (χ2v) is 5.52. The highest BCUT2D eigenvalue weighted by atomic mass is 16.5. The molecule has 0 bridgehead atoms. The van der Waals surface area contributed by atoms with Gasteiger partial charge in [-0.1, -0.05) is 31.2 Å². The predicted molar refractivity (Wildman–Crippen MR) is 99.7 cm³/mol. The normalized spacial score (nSPS) is 10.6. The molecule has 0 spiro atoms. The zero-order valence-electron chi connectivity index (χ0n) is 15.2. The van der Waals surface area contributed by atoms with Crippen LogP contribution in [-0.4, -0.2) is 32.6 Å². The van der Waals surface area contributed by atoms with Crippen LogP contribution < -0.4 is 9.47 Å². The molecule has 0 unspecified atom stereocenters. The van der Waals surface area contributed by atoms with Gasteiger partial charge < -0.3 is 14.2 Å². The summed E-state index contributed by atoms with van der Waals surface area (Å²) in [7, 11) is 3.10. The van der Waals surface area contributed by atoms with Crippen molar-refractivity contribution < 1.29 is 23.8 Å². The van der Waals surface area contributed by atoms with Crippen LogP contribution >= 0.6 is 0 Å². The lowest BCUT2D eigenvalue weighted by Crippen LogP contribution is -2.12. The SMILES string of the molecule is CCc1ccc(C(=O)COC(=O)C=Cc2ccc(OC)cc2OC)cc1. The van der Waals surface area contributed by atoms with Gasteiger partial charge in [-0.3, -0.25) is 4.79 Å². The number of rotatable bonds is 8. The van der Waals surface area contributed by atoms with Gasteiger partial charge in [0, 0.05) is 23.3 Å². The Hall–Kier alpha value is -3.08. The van der Waals surface area contributed by atoms with Gasteiger partial charge in [-0.15, -0.1) is 0 Å². The van der Waals surface area contributed by atoms with E-state index in [1.54, 1.807) is 43.5 Å². The highest BCUT2D eigenvalue weighted by molar-refractivity contribution is 5.99. The predicted octanol–water partition coefficient (Wildman–Crippen LogP) is 3.71. The first kappa shape index (κ1) is 19.2. The molecule has 0 radical (unpaired) electrons. The quantitative estimate of drug-likeness (QED) is 0.411. The minimum atomic E-state index is -0.596. The number of hydrogen-bond acceptors (Lipinski definition) is 5. The van der Waals surface area contributed by atoms with Gasteiger partial charge >= 0.3 is 5.97 Å². The van der Waals surface area contributed by atoms with Crippen LogP contribution in [0.5, 0.6) is 11.5 Å². The molecule has 2 rings (SSSR count). The number of hydrogen-bond donors (Lipinski definition) is 0. The van der Waals surface area contributed by atoms with Crippen LogP contribution in [0.3, 0.4) is 0 Å². The van der Waals surface area contributed by atoms with Crippen molar-refractivity contribution in [2.45, 2.75) is 13.3 Å². The molecule has 0 aliphatic carbocycles. The summed E-state index contributed by atoms with van der Waals surface area (Å²) in [6, 6.07) is 12.5. The fourth-order valence-corrected chi connectivity index (χ4v) is 2.31. The minimum absolute atomic E-state index is 0.239. The molecule has 0 fully saturated rings. The lowest BCUT2D eigenvalue weighted by atomic mass is 10.1. The second kappa shape index (κ2) is 9.42.